The van der Waals surface area contributed by atoms with Gasteiger partial charge in [0.05, 0.1) is 0 Å². The molecule has 0 aliphatic carbocycles. The zero-order valence-electron chi connectivity index (χ0n) is 12.2. The molecule has 2 aromatic rings. The van der Waals surface area contributed by atoms with Crippen molar-refractivity contribution in [2.45, 2.75) is 19.5 Å². The highest BCUT2D eigenvalue weighted by Gasteiger charge is 2.21. The molecule has 1 amide bonds. The molecule has 22 heavy (non-hydrogen) atoms. The Morgan fingerprint density at radius 1 is 1.09 bits per heavy atom. The van der Waals surface area contributed by atoms with Gasteiger partial charge in [0.1, 0.15) is 5.75 Å². The number of amides is 1. The molecule has 0 unspecified atom stereocenters. The van der Waals surface area contributed by atoms with Crippen LogP contribution in [0.25, 0.3) is 0 Å². The average molecular weight is 319 g/mol. The van der Waals surface area contributed by atoms with Gasteiger partial charge in [-0.25, -0.2) is 4.79 Å². The molecule has 0 saturated heterocycles. The van der Waals surface area contributed by atoms with Crippen LogP contribution in [0.1, 0.15) is 16.7 Å². The van der Waals surface area contributed by atoms with E-state index in [4.69, 9.17) is 10.5 Å². The predicted octanol–water partition coefficient (Wildman–Crippen LogP) is 3.12. The summed E-state index contributed by atoms with van der Waals surface area (Å²) in [6.45, 7) is 1.78. The number of hydrogen-bond donors (Lipinski definition) is 1. The van der Waals surface area contributed by atoms with E-state index in [-0.39, 0.29) is 18.5 Å². The number of halogens is 1. The Bertz CT molecular complexity index is 643. The second kappa shape index (κ2) is 7.29. The van der Waals surface area contributed by atoms with Crippen molar-refractivity contribution in [3.63, 3.8) is 0 Å². The molecule has 0 saturated carbocycles. The minimum atomic E-state index is -0.301. The zero-order valence-corrected chi connectivity index (χ0v) is 13.0. The van der Waals surface area contributed by atoms with Crippen LogP contribution in [0.2, 0.25) is 0 Å². The Kier molecular flexibility index (Phi) is 5.41. The van der Waals surface area contributed by atoms with E-state index in [0.717, 1.165) is 12.0 Å². The number of ether oxygens (including phenoxy) is 1. The fraction of sp³-hybridized carbons (Fsp3) is 0.235. The summed E-state index contributed by atoms with van der Waals surface area (Å²) in [5, 5.41) is 0. The standard InChI is InChI=1S/C17H18N2O2.ClH/c18-11-13-5-7-16(8-6-13)21-17(20)19-10-9-14-3-1-2-4-15(14)12-19;/h1-8H,9-12,18H2;1H. The van der Waals surface area contributed by atoms with Gasteiger partial charge < -0.3 is 15.4 Å². The summed E-state index contributed by atoms with van der Waals surface area (Å²) in [5.74, 6) is 0.552. The molecule has 0 aromatic heterocycles. The summed E-state index contributed by atoms with van der Waals surface area (Å²) in [6.07, 6.45) is 0.571. The van der Waals surface area contributed by atoms with Crippen molar-refractivity contribution in [1.29, 1.82) is 0 Å². The first-order valence-corrected chi connectivity index (χ1v) is 7.09. The van der Waals surface area contributed by atoms with Gasteiger partial charge in [-0.1, -0.05) is 36.4 Å². The highest BCUT2D eigenvalue weighted by molar-refractivity contribution is 5.85. The highest BCUT2D eigenvalue weighted by Crippen LogP contribution is 2.20. The first kappa shape index (κ1) is 16.3. The lowest BCUT2D eigenvalue weighted by Gasteiger charge is -2.27. The van der Waals surface area contributed by atoms with Crippen molar-refractivity contribution in [2.75, 3.05) is 6.54 Å². The maximum atomic E-state index is 12.2. The highest BCUT2D eigenvalue weighted by atomic mass is 35.5. The van der Waals surface area contributed by atoms with Crippen molar-refractivity contribution in [3.05, 3.63) is 65.2 Å². The summed E-state index contributed by atoms with van der Waals surface area (Å²) in [4.78, 5) is 13.9. The molecule has 1 heterocycles. The lowest BCUT2D eigenvalue weighted by atomic mass is 10.0. The van der Waals surface area contributed by atoms with Gasteiger partial charge in [-0.2, -0.15) is 0 Å². The number of rotatable bonds is 2. The van der Waals surface area contributed by atoms with E-state index in [0.29, 0.717) is 25.4 Å². The Morgan fingerprint density at radius 3 is 2.45 bits per heavy atom. The number of carbonyl (C=O) groups excluding carboxylic acids is 1. The Morgan fingerprint density at radius 2 is 1.77 bits per heavy atom. The molecule has 1 aliphatic heterocycles. The molecule has 5 heteroatoms. The number of carbonyl (C=O) groups is 1. The van der Waals surface area contributed by atoms with Gasteiger partial charge in [-0.3, -0.25) is 0 Å². The summed E-state index contributed by atoms with van der Waals surface area (Å²) in [6, 6.07) is 15.5. The van der Waals surface area contributed by atoms with Crippen molar-refractivity contribution in [1.82, 2.24) is 4.90 Å². The van der Waals surface area contributed by atoms with E-state index < -0.39 is 0 Å². The molecule has 3 rings (SSSR count). The lowest BCUT2D eigenvalue weighted by Crippen LogP contribution is -2.37. The monoisotopic (exact) mass is 318 g/mol. The Balaban J connectivity index is 0.00000176. The van der Waals surface area contributed by atoms with Gasteiger partial charge in [-0.15, -0.1) is 12.4 Å². The van der Waals surface area contributed by atoms with Crippen LogP contribution in [-0.4, -0.2) is 17.5 Å². The summed E-state index contributed by atoms with van der Waals surface area (Å²) >= 11 is 0. The van der Waals surface area contributed by atoms with E-state index in [1.807, 2.05) is 24.3 Å². The number of benzene rings is 2. The second-order valence-electron chi connectivity index (χ2n) is 5.16. The molecule has 1 aliphatic rings. The minimum absolute atomic E-state index is 0. The molecule has 2 N–H and O–H groups in total. The van der Waals surface area contributed by atoms with Crippen molar-refractivity contribution >= 4 is 18.5 Å². The first-order chi connectivity index (χ1) is 10.3. The van der Waals surface area contributed by atoms with Crippen molar-refractivity contribution in [2.24, 2.45) is 5.73 Å². The molecule has 116 valence electrons. The maximum Gasteiger partial charge on any atom is 0.415 e. The second-order valence-corrected chi connectivity index (χ2v) is 5.16. The maximum absolute atomic E-state index is 12.2. The fourth-order valence-corrected chi connectivity index (χ4v) is 2.51. The van der Waals surface area contributed by atoms with Crippen LogP contribution in [0.5, 0.6) is 5.75 Å². The first-order valence-electron chi connectivity index (χ1n) is 7.09. The fourth-order valence-electron chi connectivity index (χ4n) is 2.51. The molecule has 0 bridgehead atoms. The van der Waals surface area contributed by atoms with E-state index in [1.165, 1.54) is 11.1 Å². The predicted molar refractivity (Wildman–Crippen MR) is 88.2 cm³/mol. The van der Waals surface area contributed by atoms with Crippen LogP contribution in [0, 0.1) is 0 Å². The third-order valence-corrected chi connectivity index (χ3v) is 3.75. The molecule has 4 nitrogen and oxygen atoms in total. The summed E-state index contributed by atoms with van der Waals surface area (Å²) < 4.78 is 5.41. The Hall–Kier alpha value is -2.04. The number of nitrogens with two attached hydrogens (primary N) is 1. The minimum Gasteiger partial charge on any atom is -0.410 e. The summed E-state index contributed by atoms with van der Waals surface area (Å²) in [7, 11) is 0. The molecule has 2 aromatic carbocycles. The molecule has 0 radical (unpaired) electrons. The van der Waals surface area contributed by atoms with Crippen LogP contribution < -0.4 is 10.5 Å². The molecular weight excluding hydrogens is 300 g/mol. The van der Waals surface area contributed by atoms with E-state index >= 15 is 0 Å². The van der Waals surface area contributed by atoms with Crippen LogP contribution in [0.3, 0.4) is 0 Å². The average Bonchev–Trinajstić information content (AvgIpc) is 2.55. The third kappa shape index (κ3) is 3.59. The summed E-state index contributed by atoms with van der Waals surface area (Å²) in [5.41, 5.74) is 9.07. The molecule has 0 spiro atoms. The van der Waals surface area contributed by atoms with Gasteiger partial charge in [0.25, 0.3) is 0 Å². The van der Waals surface area contributed by atoms with Gasteiger partial charge >= 0.3 is 6.09 Å². The Labute approximate surface area is 136 Å². The number of hydrogen-bond acceptors (Lipinski definition) is 3. The van der Waals surface area contributed by atoms with E-state index in [9.17, 15) is 4.79 Å². The van der Waals surface area contributed by atoms with Gasteiger partial charge in [-0.05, 0) is 35.2 Å². The quantitative estimate of drug-likeness (QED) is 0.925. The van der Waals surface area contributed by atoms with Crippen LogP contribution in [0.15, 0.2) is 48.5 Å². The topological polar surface area (TPSA) is 55.6 Å². The largest absolute Gasteiger partial charge is 0.415 e. The zero-order chi connectivity index (χ0) is 14.7. The number of nitrogens with zero attached hydrogens (tertiary/aromatic N) is 1. The van der Waals surface area contributed by atoms with Crippen molar-refractivity contribution < 1.29 is 9.53 Å². The lowest BCUT2D eigenvalue weighted by molar-refractivity contribution is 0.147. The van der Waals surface area contributed by atoms with Crippen molar-refractivity contribution in [3.8, 4) is 5.75 Å². The van der Waals surface area contributed by atoms with Gasteiger partial charge in [0.2, 0.25) is 0 Å². The molecular formula is C17H19ClN2O2. The van der Waals surface area contributed by atoms with Crippen LogP contribution in [0.4, 0.5) is 4.79 Å². The van der Waals surface area contributed by atoms with E-state index in [2.05, 4.69) is 12.1 Å². The third-order valence-electron chi connectivity index (χ3n) is 3.75. The van der Waals surface area contributed by atoms with E-state index in [1.54, 1.807) is 17.0 Å². The van der Waals surface area contributed by atoms with Crippen LogP contribution in [-0.2, 0) is 19.5 Å². The molecule has 0 fully saturated rings. The SMILES string of the molecule is Cl.NCc1ccc(OC(=O)N2CCc3ccccc3C2)cc1. The molecule has 0 atom stereocenters. The van der Waals surface area contributed by atoms with Gasteiger partial charge in [0, 0.05) is 19.6 Å². The smallest absolute Gasteiger partial charge is 0.410 e. The number of fused-ring (bicyclic) bond motifs is 1. The van der Waals surface area contributed by atoms with Gasteiger partial charge in [0.15, 0.2) is 0 Å². The normalized spacial score (nSPS) is 13.0. The van der Waals surface area contributed by atoms with Crippen LogP contribution >= 0.6 is 12.4 Å².